The summed E-state index contributed by atoms with van der Waals surface area (Å²) in [5.41, 5.74) is 1.49. The Morgan fingerprint density at radius 2 is 1.95 bits per heavy atom. The van der Waals surface area contributed by atoms with E-state index in [1.165, 1.54) is 31.2 Å². The highest BCUT2D eigenvalue weighted by atomic mass is 16.5. The molecule has 1 saturated carbocycles. The minimum Gasteiger partial charge on any atom is -0.383 e. The first kappa shape index (κ1) is 14.5. The maximum Gasteiger partial charge on any atom is 0.0615 e. The van der Waals surface area contributed by atoms with Crippen molar-refractivity contribution in [1.82, 2.24) is 5.32 Å². The maximum atomic E-state index is 5.31. The van der Waals surface area contributed by atoms with E-state index < -0.39 is 0 Å². The van der Waals surface area contributed by atoms with Crippen molar-refractivity contribution in [2.75, 3.05) is 13.7 Å². The van der Waals surface area contributed by atoms with Gasteiger partial charge >= 0.3 is 0 Å². The van der Waals surface area contributed by atoms with E-state index in [0.717, 1.165) is 13.0 Å². The molecular formula is C17H27NO. The van der Waals surface area contributed by atoms with Gasteiger partial charge in [-0.05, 0) is 30.7 Å². The number of nitrogens with one attached hydrogen (secondary N) is 1. The van der Waals surface area contributed by atoms with E-state index in [4.69, 9.17) is 4.74 Å². The van der Waals surface area contributed by atoms with Crippen LogP contribution in [-0.4, -0.2) is 25.8 Å². The van der Waals surface area contributed by atoms with Crippen LogP contribution in [0.25, 0.3) is 0 Å². The zero-order valence-electron chi connectivity index (χ0n) is 12.3. The second kappa shape index (κ2) is 7.66. The summed E-state index contributed by atoms with van der Waals surface area (Å²) in [5, 5.41) is 3.83. The second-order valence-electron chi connectivity index (χ2n) is 5.64. The van der Waals surface area contributed by atoms with Gasteiger partial charge in [0.1, 0.15) is 0 Å². The van der Waals surface area contributed by atoms with Gasteiger partial charge in [0.2, 0.25) is 0 Å². The van der Waals surface area contributed by atoms with Crippen LogP contribution in [0.2, 0.25) is 0 Å². The normalized spacial score (nSPS) is 25.2. The Bertz CT molecular complexity index is 352. The Hall–Kier alpha value is -0.860. The Balaban J connectivity index is 2.03. The molecule has 2 rings (SSSR count). The fraction of sp³-hybridized carbons (Fsp3) is 0.647. The predicted octanol–water partition coefficient (Wildman–Crippen LogP) is 3.73. The summed E-state index contributed by atoms with van der Waals surface area (Å²) >= 11 is 0. The molecule has 1 aliphatic rings. The fourth-order valence-corrected chi connectivity index (χ4v) is 3.22. The average Bonchev–Trinajstić information content (AvgIpc) is 2.48. The van der Waals surface area contributed by atoms with Crippen molar-refractivity contribution in [2.45, 2.75) is 57.0 Å². The number of benzene rings is 1. The third-order valence-electron chi connectivity index (χ3n) is 4.30. The van der Waals surface area contributed by atoms with Gasteiger partial charge in [0, 0.05) is 19.2 Å². The molecule has 1 fully saturated rings. The van der Waals surface area contributed by atoms with Crippen LogP contribution in [0.1, 0.15) is 50.5 Å². The van der Waals surface area contributed by atoms with Crippen molar-refractivity contribution in [3.8, 4) is 0 Å². The van der Waals surface area contributed by atoms with E-state index in [0.29, 0.717) is 18.0 Å². The standard InChI is InChI=1S/C17H27NO/c1-3-15(13-19-2)18-17-12-8-7-11-16(17)14-9-5-4-6-10-14/h4-6,9-10,15-18H,3,7-8,11-13H2,1-2H3. The van der Waals surface area contributed by atoms with Gasteiger partial charge in [-0.2, -0.15) is 0 Å². The van der Waals surface area contributed by atoms with E-state index in [-0.39, 0.29) is 0 Å². The highest BCUT2D eigenvalue weighted by Crippen LogP contribution is 2.33. The minimum atomic E-state index is 0.485. The van der Waals surface area contributed by atoms with Crippen LogP contribution in [0.3, 0.4) is 0 Å². The third-order valence-corrected chi connectivity index (χ3v) is 4.30. The molecule has 3 unspecified atom stereocenters. The van der Waals surface area contributed by atoms with Crippen molar-refractivity contribution >= 4 is 0 Å². The molecular weight excluding hydrogens is 234 g/mol. The first-order valence-corrected chi connectivity index (χ1v) is 7.65. The first-order chi connectivity index (χ1) is 9.35. The molecule has 2 nitrogen and oxygen atoms in total. The quantitative estimate of drug-likeness (QED) is 0.842. The summed E-state index contributed by atoms with van der Waals surface area (Å²) in [4.78, 5) is 0. The number of hydrogen-bond acceptors (Lipinski definition) is 2. The average molecular weight is 261 g/mol. The monoisotopic (exact) mass is 261 g/mol. The van der Waals surface area contributed by atoms with Crippen LogP contribution in [0.15, 0.2) is 30.3 Å². The zero-order chi connectivity index (χ0) is 13.5. The van der Waals surface area contributed by atoms with Crippen LogP contribution in [0.5, 0.6) is 0 Å². The molecule has 1 aromatic carbocycles. The molecule has 0 radical (unpaired) electrons. The van der Waals surface area contributed by atoms with E-state index in [1.54, 1.807) is 7.11 Å². The Labute approximate surface area is 117 Å². The molecule has 0 saturated heterocycles. The molecule has 3 atom stereocenters. The van der Waals surface area contributed by atoms with Crippen molar-refractivity contribution in [3.05, 3.63) is 35.9 Å². The Morgan fingerprint density at radius 3 is 2.63 bits per heavy atom. The maximum absolute atomic E-state index is 5.31. The highest BCUT2D eigenvalue weighted by molar-refractivity contribution is 5.22. The van der Waals surface area contributed by atoms with Gasteiger partial charge < -0.3 is 10.1 Å². The molecule has 0 aromatic heterocycles. The summed E-state index contributed by atoms with van der Waals surface area (Å²) in [6.07, 6.45) is 6.44. The molecule has 1 aliphatic carbocycles. The second-order valence-corrected chi connectivity index (χ2v) is 5.64. The summed E-state index contributed by atoms with van der Waals surface area (Å²) in [7, 11) is 1.79. The SMILES string of the molecule is CCC(COC)NC1CCCCC1c1ccccc1. The topological polar surface area (TPSA) is 21.3 Å². The largest absolute Gasteiger partial charge is 0.383 e. The molecule has 0 bridgehead atoms. The molecule has 0 aliphatic heterocycles. The molecule has 0 amide bonds. The Morgan fingerprint density at radius 1 is 1.21 bits per heavy atom. The number of ether oxygens (including phenoxy) is 1. The number of methoxy groups -OCH3 is 1. The van der Waals surface area contributed by atoms with E-state index in [1.807, 2.05) is 0 Å². The van der Waals surface area contributed by atoms with Crippen molar-refractivity contribution < 1.29 is 4.74 Å². The molecule has 1 N–H and O–H groups in total. The van der Waals surface area contributed by atoms with Crippen molar-refractivity contribution in [2.24, 2.45) is 0 Å². The summed E-state index contributed by atoms with van der Waals surface area (Å²) < 4.78 is 5.31. The number of rotatable bonds is 6. The van der Waals surface area contributed by atoms with Gasteiger partial charge in [-0.25, -0.2) is 0 Å². The summed E-state index contributed by atoms with van der Waals surface area (Å²) in [6, 6.07) is 12.1. The fourth-order valence-electron chi connectivity index (χ4n) is 3.22. The van der Waals surface area contributed by atoms with Gasteiger partial charge in [-0.15, -0.1) is 0 Å². The van der Waals surface area contributed by atoms with Crippen LogP contribution < -0.4 is 5.32 Å². The summed E-state index contributed by atoms with van der Waals surface area (Å²) in [5.74, 6) is 0.667. The molecule has 1 aromatic rings. The zero-order valence-corrected chi connectivity index (χ0v) is 12.3. The van der Waals surface area contributed by atoms with E-state index in [2.05, 4.69) is 42.6 Å². The third kappa shape index (κ3) is 4.05. The molecule has 0 spiro atoms. The van der Waals surface area contributed by atoms with Crippen LogP contribution in [0.4, 0.5) is 0 Å². The lowest BCUT2D eigenvalue weighted by Gasteiger charge is -2.35. The van der Waals surface area contributed by atoms with Crippen LogP contribution in [-0.2, 0) is 4.74 Å². The smallest absolute Gasteiger partial charge is 0.0615 e. The number of hydrogen-bond donors (Lipinski definition) is 1. The molecule has 2 heteroatoms. The lowest BCUT2D eigenvalue weighted by molar-refractivity contribution is 0.150. The first-order valence-electron chi connectivity index (χ1n) is 7.65. The van der Waals surface area contributed by atoms with Gasteiger partial charge in [0.25, 0.3) is 0 Å². The van der Waals surface area contributed by atoms with Crippen molar-refractivity contribution in [1.29, 1.82) is 0 Å². The van der Waals surface area contributed by atoms with Gasteiger partial charge in [0.15, 0.2) is 0 Å². The molecule has 19 heavy (non-hydrogen) atoms. The lowest BCUT2D eigenvalue weighted by atomic mass is 9.79. The molecule has 0 heterocycles. The van der Waals surface area contributed by atoms with E-state index in [9.17, 15) is 0 Å². The van der Waals surface area contributed by atoms with Gasteiger partial charge in [0.05, 0.1) is 6.61 Å². The highest BCUT2D eigenvalue weighted by Gasteiger charge is 2.27. The van der Waals surface area contributed by atoms with Crippen LogP contribution in [0, 0.1) is 0 Å². The lowest BCUT2D eigenvalue weighted by Crippen LogP contribution is -2.45. The van der Waals surface area contributed by atoms with E-state index >= 15 is 0 Å². The minimum absolute atomic E-state index is 0.485. The molecule has 106 valence electrons. The predicted molar refractivity (Wildman–Crippen MR) is 80.5 cm³/mol. The summed E-state index contributed by atoms with van der Waals surface area (Å²) in [6.45, 7) is 3.05. The van der Waals surface area contributed by atoms with Gasteiger partial charge in [-0.3, -0.25) is 0 Å². The van der Waals surface area contributed by atoms with Crippen molar-refractivity contribution in [3.63, 3.8) is 0 Å². The van der Waals surface area contributed by atoms with Gasteiger partial charge in [-0.1, -0.05) is 50.1 Å². The Kier molecular flexibility index (Phi) is 5.87. The van der Waals surface area contributed by atoms with Crippen LogP contribution >= 0.6 is 0 Å².